The van der Waals surface area contributed by atoms with Crippen LogP contribution in [0.2, 0.25) is 5.02 Å². The summed E-state index contributed by atoms with van der Waals surface area (Å²) in [5.74, 6) is -0.279. The molecule has 6 heteroatoms. The van der Waals surface area contributed by atoms with E-state index in [0.717, 1.165) is 11.1 Å². The summed E-state index contributed by atoms with van der Waals surface area (Å²) in [6.07, 6.45) is 4.05. The smallest absolute Gasteiger partial charge is 0.253 e. The van der Waals surface area contributed by atoms with Crippen molar-refractivity contribution in [3.63, 3.8) is 0 Å². The number of aromatic nitrogens is 1. The molecule has 0 fully saturated rings. The summed E-state index contributed by atoms with van der Waals surface area (Å²) < 4.78 is 0. The molecule has 0 unspecified atom stereocenters. The van der Waals surface area contributed by atoms with Gasteiger partial charge in [-0.1, -0.05) is 41.9 Å². The van der Waals surface area contributed by atoms with Gasteiger partial charge in [0.15, 0.2) is 0 Å². The summed E-state index contributed by atoms with van der Waals surface area (Å²) >= 11 is 6.12. The lowest BCUT2D eigenvalue weighted by Gasteiger charge is -2.09. The van der Waals surface area contributed by atoms with Crippen LogP contribution in [0.4, 0.5) is 5.69 Å². The van der Waals surface area contributed by atoms with Crippen molar-refractivity contribution >= 4 is 29.1 Å². The largest absolute Gasteiger partial charge is 0.348 e. The third-order valence-corrected chi connectivity index (χ3v) is 4.54. The minimum absolute atomic E-state index is 0.0866. The van der Waals surface area contributed by atoms with Crippen LogP contribution in [-0.2, 0) is 17.8 Å². The number of halogens is 1. The third-order valence-electron chi connectivity index (χ3n) is 4.17. The molecule has 0 saturated carbocycles. The maximum atomic E-state index is 12.2. The predicted molar refractivity (Wildman–Crippen MR) is 110 cm³/mol. The highest BCUT2D eigenvalue weighted by Gasteiger charge is 2.07. The van der Waals surface area contributed by atoms with Crippen LogP contribution in [0.15, 0.2) is 73.1 Å². The Morgan fingerprint density at radius 1 is 1.00 bits per heavy atom. The van der Waals surface area contributed by atoms with Gasteiger partial charge in [0.05, 0.1) is 5.56 Å². The molecule has 142 valence electrons. The fourth-order valence-corrected chi connectivity index (χ4v) is 2.94. The molecular weight excluding hydrogens is 374 g/mol. The van der Waals surface area contributed by atoms with Gasteiger partial charge >= 0.3 is 0 Å². The van der Waals surface area contributed by atoms with Crippen molar-refractivity contribution in [3.05, 3.63) is 94.8 Å². The minimum Gasteiger partial charge on any atom is -0.348 e. The van der Waals surface area contributed by atoms with Gasteiger partial charge in [-0.05, 0) is 47.9 Å². The zero-order valence-corrected chi connectivity index (χ0v) is 15.9. The van der Waals surface area contributed by atoms with E-state index in [1.165, 1.54) is 6.20 Å². The molecule has 0 atom stereocenters. The van der Waals surface area contributed by atoms with Gasteiger partial charge in [-0.15, -0.1) is 0 Å². The number of amides is 2. The number of nitrogens with zero attached hydrogens (tertiary/aromatic N) is 1. The molecular formula is C22H20ClN3O2. The van der Waals surface area contributed by atoms with E-state index >= 15 is 0 Å². The summed E-state index contributed by atoms with van der Waals surface area (Å²) in [7, 11) is 0. The van der Waals surface area contributed by atoms with Gasteiger partial charge in [0.2, 0.25) is 5.91 Å². The molecule has 0 radical (unpaired) electrons. The maximum absolute atomic E-state index is 12.2. The first kappa shape index (κ1) is 19.6. The molecule has 1 heterocycles. The summed E-state index contributed by atoms with van der Waals surface area (Å²) in [5.41, 5.74) is 3.04. The van der Waals surface area contributed by atoms with Crippen molar-refractivity contribution in [2.45, 2.75) is 19.4 Å². The Morgan fingerprint density at radius 3 is 2.64 bits per heavy atom. The van der Waals surface area contributed by atoms with Gasteiger partial charge < -0.3 is 10.6 Å². The number of nitrogens with one attached hydrogen (secondary N) is 2. The van der Waals surface area contributed by atoms with Gasteiger partial charge in [0, 0.05) is 36.1 Å². The molecule has 0 spiro atoms. The van der Waals surface area contributed by atoms with E-state index < -0.39 is 0 Å². The van der Waals surface area contributed by atoms with E-state index in [1.807, 2.05) is 48.5 Å². The van der Waals surface area contributed by atoms with Crippen molar-refractivity contribution in [3.8, 4) is 0 Å². The molecule has 5 nitrogen and oxygen atoms in total. The van der Waals surface area contributed by atoms with Crippen LogP contribution in [0.5, 0.6) is 0 Å². The summed E-state index contributed by atoms with van der Waals surface area (Å²) in [6, 6.07) is 18.3. The molecule has 1 aromatic heterocycles. The Kier molecular flexibility index (Phi) is 6.76. The van der Waals surface area contributed by atoms with Gasteiger partial charge in [-0.25, -0.2) is 0 Å². The first-order valence-corrected chi connectivity index (χ1v) is 9.30. The highest BCUT2D eigenvalue weighted by atomic mass is 35.5. The lowest BCUT2D eigenvalue weighted by Crippen LogP contribution is -2.23. The molecule has 2 amide bonds. The zero-order chi connectivity index (χ0) is 19.8. The van der Waals surface area contributed by atoms with Gasteiger partial charge in [-0.2, -0.15) is 0 Å². The number of hydrogen-bond donors (Lipinski definition) is 2. The zero-order valence-electron chi connectivity index (χ0n) is 15.2. The van der Waals surface area contributed by atoms with Crippen LogP contribution < -0.4 is 10.6 Å². The molecule has 2 aromatic carbocycles. The van der Waals surface area contributed by atoms with E-state index in [4.69, 9.17) is 11.6 Å². The number of pyridine rings is 1. The van der Waals surface area contributed by atoms with Crippen molar-refractivity contribution in [2.24, 2.45) is 0 Å². The molecule has 28 heavy (non-hydrogen) atoms. The van der Waals surface area contributed by atoms with Crippen LogP contribution >= 0.6 is 11.6 Å². The SMILES string of the molecule is O=C(CCc1ccccc1Cl)Nc1cccc(CNC(=O)c2cccnc2)c1. The summed E-state index contributed by atoms with van der Waals surface area (Å²) in [5, 5.41) is 6.40. The number of hydrogen-bond acceptors (Lipinski definition) is 3. The summed E-state index contributed by atoms with van der Waals surface area (Å²) in [6.45, 7) is 0.358. The van der Waals surface area contributed by atoms with Crippen LogP contribution in [-0.4, -0.2) is 16.8 Å². The number of carbonyl (C=O) groups is 2. The lowest BCUT2D eigenvalue weighted by molar-refractivity contribution is -0.116. The number of benzene rings is 2. The average Bonchev–Trinajstić information content (AvgIpc) is 2.72. The Labute approximate surface area is 168 Å². The topological polar surface area (TPSA) is 71.1 Å². The monoisotopic (exact) mass is 393 g/mol. The highest BCUT2D eigenvalue weighted by Crippen LogP contribution is 2.17. The number of anilines is 1. The average molecular weight is 394 g/mol. The van der Waals surface area contributed by atoms with Gasteiger partial charge in [0.1, 0.15) is 0 Å². The van der Waals surface area contributed by atoms with E-state index in [1.54, 1.807) is 18.3 Å². The fourth-order valence-electron chi connectivity index (χ4n) is 2.71. The Hall–Kier alpha value is -3.18. The normalized spacial score (nSPS) is 10.3. The van der Waals surface area contributed by atoms with Crippen molar-refractivity contribution in [1.82, 2.24) is 10.3 Å². The minimum atomic E-state index is -0.192. The van der Waals surface area contributed by atoms with Crippen LogP contribution in [0.1, 0.15) is 27.9 Å². The van der Waals surface area contributed by atoms with Crippen molar-refractivity contribution in [2.75, 3.05) is 5.32 Å². The van der Waals surface area contributed by atoms with E-state index in [-0.39, 0.29) is 11.8 Å². The summed E-state index contributed by atoms with van der Waals surface area (Å²) in [4.78, 5) is 28.3. The molecule has 3 aromatic rings. The van der Waals surface area contributed by atoms with Gasteiger partial charge in [0.25, 0.3) is 5.91 Å². The second-order valence-electron chi connectivity index (χ2n) is 6.26. The molecule has 0 aliphatic heterocycles. The molecule has 0 bridgehead atoms. The van der Waals surface area contributed by atoms with E-state index in [9.17, 15) is 9.59 Å². The van der Waals surface area contributed by atoms with Crippen LogP contribution in [0, 0.1) is 0 Å². The number of rotatable bonds is 7. The molecule has 3 rings (SSSR count). The Balaban J connectivity index is 1.52. The predicted octanol–water partition coefficient (Wildman–Crippen LogP) is 4.24. The molecule has 0 aliphatic carbocycles. The quantitative estimate of drug-likeness (QED) is 0.630. The Bertz CT molecular complexity index is 961. The van der Waals surface area contributed by atoms with Crippen molar-refractivity contribution < 1.29 is 9.59 Å². The maximum Gasteiger partial charge on any atom is 0.253 e. The highest BCUT2D eigenvalue weighted by molar-refractivity contribution is 6.31. The van der Waals surface area contributed by atoms with Crippen LogP contribution in [0.25, 0.3) is 0 Å². The lowest BCUT2D eigenvalue weighted by atomic mass is 10.1. The molecule has 0 saturated heterocycles. The van der Waals surface area contributed by atoms with E-state index in [0.29, 0.717) is 35.7 Å². The molecule has 0 aliphatic rings. The second kappa shape index (κ2) is 9.67. The molecule has 2 N–H and O–H groups in total. The number of aryl methyl sites for hydroxylation is 1. The standard InChI is InChI=1S/C22H20ClN3O2/c23-20-9-2-1-6-17(20)10-11-21(27)26-19-8-3-5-16(13-19)14-25-22(28)18-7-4-12-24-15-18/h1-9,12-13,15H,10-11,14H2,(H,25,28)(H,26,27). The van der Waals surface area contributed by atoms with Crippen molar-refractivity contribution in [1.29, 1.82) is 0 Å². The third kappa shape index (κ3) is 5.66. The fraction of sp³-hybridized carbons (Fsp3) is 0.136. The van der Waals surface area contributed by atoms with Gasteiger partial charge in [-0.3, -0.25) is 14.6 Å². The first-order chi connectivity index (χ1) is 13.6. The number of carbonyl (C=O) groups excluding carboxylic acids is 2. The van der Waals surface area contributed by atoms with E-state index in [2.05, 4.69) is 15.6 Å². The van der Waals surface area contributed by atoms with Crippen LogP contribution in [0.3, 0.4) is 0 Å². The second-order valence-corrected chi connectivity index (χ2v) is 6.67. The Morgan fingerprint density at radius 2 is 1.86 bits per heavy atom. The first-order valence-electron chi connectivity index (χ1n) is 8.92.